The van der Waals surface area contributed by atoms with Gasteiger partial charge in [-0.15, -0.1) is 0 Å². The van der Waals surface area contributed by atoms with Gasteiger partial charge in [-0.3, -0.25) is 4.98 Å². The number of aromatic nitrogens is 1. The Balaban J connectivity index is 2.77. The van der Waals surface area contributed by atoms with E-state index in [0.29, 0.717) is 5.69 Å². The van der Waals surface area contributed by atoms with E-state index in [1.807, 2.05) is 0 Å². The highest BCUT2D eigenvalue weighted by Gasteiger charge is 2.29. The molecule has 0 saturated heterocycles. The molecule has 1 rings (SSSR count). The lowest BCUT2D eigenvalue weighted by molar-refractivity contribution is 0.345. The molecule has 108 valence electrons. The summed E-state index contributed by atoms with van der Waals surface area (Å²) < 4.78 is 14.0. The summed E-state index contributed by atoms with van der Waals surface area (Å²) >= 11 is 0. The second kappa shape index (κ2) is 8.29. The van der Waals surface area contributed by atoms with Crippen LogP contribution in [0, 0.1) is 5.82 Å². The largest absolute Gasteiger partial charge is 0.258 e. The van der Waals surface area contributed by atoms with E-state index in [9.17, 15) is 4.39 Å². The Hall–Kier alpha value is -0.920. The molecule has 0 spiro atoms. The van der Waals surface area contributed by atoms with Gasteiger partial charge in [0.05, 0.1) is 5.69 Å². The molecule has 1 aromatic heterocycles. The van der Waals surface area contributed by atoms with Crippen LogP contribution in [0.5, 0.6) is 0 Å². The highest BCUT2D eigenvalue weighted by Crippen LogP contribution is 2.35. The maximum absolute atomic E-state index is 14.0. The molecule has 0 bridgehead atoms. The van der Waals surface area contributed by atoms with Crippen LogP contribution in [0.25, 0.3) is 0 Å². The van der Waals surface area contributed by atoms with E-state index in [2.05, 4.69) is 25.8 Å². The lowest BCUT2D eigenvalue weighted by atomic mass is 9.76. The number of nitrogens with zero attached hydrogens (tertiary/aromatic N) is 1. The van der Waals surface area contributed by atoms with Crippen molar-refractivity contribution < 1.29 is 4.39 Å². The summed E-state index contributed by atoms with van der Waals surface area (Å²) in [6, 6.07) is 3.22. The normalized spacial score (nSPS) is 14.3. The highest BCUT2D eigenvalue weighted by molar-refractivity contribution is 5.18. The summed E-state index contributed by atoms with van der Waals surface area (Å²) in [5.74, 6) is -0.142. The molecule has 19 heavy (non-hydrogen) atoms. The molecule has 0 aliphatic heterocycles. The third-order valence-corrected chi connectivity index (χ3v) is 3.99. The number of pyridine rings is 1. The standard InChI is InChI=1S/C17H28FN/c1-4-6-8-9-13-17(3,12-7-5-2)16-15(18)11-10-14-19-16/h10-11,14H,4-9,12-13H2,1-3H3. The fraction of sp³-hybridized carbons (Fsp3) is 0.706. The van der Waals surface area contributed by atoms with Gasteiger partial charge in [-0.05, 0) is 25.0 Å². The van der Waals surface area contributed by atoms with Crippen molar-refractivity contribution in [2.75, 3.05) is 0 Å². The molecule has 0 radical (unpaired) electrons. The Morgan fingerprint density at radius 2 is 1.74 bits per heavy atom. The maximum Gasteiger partial charge on any atom is 0.145 e. The molecule has 0 aromatic carbocycles. The van der Waals surface area contributed by atoms with Crippen LogP contribution in [-0.4, -0.2) is 4.98 Å². The third kappa shape index (κ3) is 4.93. The zero-order valence-corrected chi connectivity index (χ0v) is 12.7. The third-order valence-electron chi connectivity index (χ3n) is 3.99. The quantitative estimate of drug-likeness (QED) is 0.527. The molecule has 0 fully saturated rings. The molecule has 0 amide bonds. The lowest BCUT2D eigenvalue weighted by Gasteiger charge is -2.29. The molecular weight excluding hydrogens is 237 g/mol. The van der Waals surface area contributed by atoms with Crippen LogP contribution in [0.1, 0.15) is 77.8 Å². The number of halogens is 1. The predicted molar refractivity (Wildman–Crippen MR) is 79.8 cm³/mol. The second-order valence-electron chi connectivity index (χ2n) is 5.81. The molecule has 0 saturated carbocycles. The molecular formula is C17H28FN. The van der Waals surface area contributed by atoms with Crippen molar-refractivity contribution in [1.29, 1.82) is 0 Å². The van der Waals surface area contributed by atoms with Gasteiger partial charge in [-0.1, -0.05) is 59.3 Å². The summed E-state index contributed by atoms with van der Waals surface area (Å²) in [5, 5.41) is 0. The minimum absolute atomic E-state index is 0.102. The second-order valence-corrected chi connectivity index (χ2v) is 5.81. The SMILES string of the molecule is CCCCCCC(C)(CCCC)c1ncccc1F. The van der Waals surface area contributed by atoms with Gasteiger partial charge in [0.2, 0.25) is 0 Å². The van der Waals surface area contributed by atoms with Crippen molar-refractivity contribution in [3.05, 3.63) is 29.8 Å². The Bertz CT molecular complexity index is 364. The molecule has 1 heterocycles. The van der Waals surface area contributed by atoms with Crippen molar-refractivity contribution in [1.82, 2.24) is 4.98 Å². The Morgan fingerprint density at radius 3 is 2.37 bits per heavy atom. The molecule has 2 heteroatoms. The average molecular weight is 265 g/mol. The summed E-state index contributed by atoms with van der Waals surface area (Å²) in [6.07, 6.45) is 11.0. The maximum atomic E-state index is 14.0. The average Bonchev–Trinajstić information content (AvgIpc) is 2.42. The van der Waals surface area contributed by atoms with Crippen molar-refractivity contribution in [3.63, 3.8) is 0 Å². The molecule has 0 aliphatic carbocycles. The van der Waals surface area contributed by atoms with Crippen LogP contribution in [0.2, 0.25) is 0 Å². The van der Waals surface area contributed by atoms with Gasteiger partial charge < -0.3 is 0 Å². The summed E-state index contributed by atoms with van der Waals surface area (Å²) in [6.45, 7) is 6.58. The van der Waals surface area contributed by atoms with Gasteiger partial charge in [0.1, 0.15) is 5.82 Å². The monoisotopic (exact) mass is 265 g/mol. The fourth-order valence-corrected chi connectivity index (χ4v) is 2.70. The van der Waals surface area contributed by atoms with Crippen molar-refractivity contribution in [2.45, 2.75) is 77.6 Å². The Morgan fingerprint density at radius 1 is 1.05 bits per heavy atom. The lowest BCUT2D eigenvalue weighted by Crippen LogP contribution is -2.25. The Labute approximate surface area is 117 Å². The minimum Gasteiger partial charge on any atom is -0.258 e. The minimum atomic E-state index is -0.142. The number of rotatable bonds is 9. The molecule has 0 N–H and O–H groups in total. The molecule has 1 unspecified atom stereocenters. The molecule has 1 nitrogen and oxygen atoms in total. The topological polar surface area (TPSA) is 12.9 Å². The van der Waals surface area contributed by atoms with Crippen LogP contribution < -0.4 is 0 Å². The first-order chi connectivity index (χ1) is 9.14. The smallest absolute Gasteiger partial charge is 0.145 e. The van der Waals surface area contributed by atoms with E-state index >= 15 is 0 Å². The van der Waals surface area contributed by atoms with Crippen molar-refractivity contribution in [2.24, 2.45) is 0 Å². The first kappa shape index (κ1) is 16.1. The van der Waals surface area contributed by atoms with Gasteiger partial charge in [-0.2, -0.15) is 0 Å². The number of unbranched alkanes of at least 4 members (excludes halogenated alkanes) is 4. The van der Waals surface area contributed by atoms with Crippen LogP contribution in [0.15, 0.2) is 18.3 Å². The van der Waals surface area contributed by atoms with Gasteiger partial charge in [0.25, 0.3) is 0 Å². The summed E-state index contributed by atoms with van der Waals surface area (Å²) in [4.78, 5) is 4.33. The molecule has 0 aliphatic rings. The van der Waals surface area contributed by atoms with Gasteiger partial charge in [-0.25, -0.2) is 4.39 Å². The van der Waals surface area contributed by atoms with E-state index in [4.69, 9.17) is 0 Å². The van der Waals surface area contributed by atoms with Crippen LogP contribution in [0.3, 0.4) is 0 Å². The summed E-state index contributed by atoms with van der Waals surface area (Å²) in [5.41, 5.74) is 0.565. The summed E-state index contributed by atoms with van der Waals surface area (Å²) in [7, 11) is 0. The number of hydrogen-bond donors (Lipinski definition) is 0. The van der Waals surface area contributed by atoms with E-state index < -0.39 is 0 Å². The van der Waals surface area contributed by atoms with Gasteiger partial charge in [0, 0.05) is 11.6 Å². The Kier molecular flexibility index (Phi) is 7.04. The van der Waals surface area contributed by atoms with Crippen LogP contribution in [0.4, 0.5) is 4.39 Å². The van der Waals surface area contributed by atoms with E-state index in [-0.39, 0.29) is 11.2 Å². The molecule has 1 aromatic rings. The fourth-order valence-electron chi connectivity index (χ4n) is 2.70. The van der Waals surface area contributed by atoms with E-state index in [0.717, 1.165) is 25.7 Å². The zero-order valence-electron chi connectivity index (χ0n) is 12.7. The van der Waals surface area contributed by atoms with Crippen molar-refractivity contribution in [3.8, 4) is 0 Å². The van der Waals surface area contributed by atoms with E-state index in [1.54, 1.807) is 18.3 Å². The number of hydrogen-bond acceptors (Lipinski definition) is 1. The predicted octanol–water partition coefficient (Wildman–Crippen LogP) is 5.64. The van der Waals surface area contributed by atoms with Gasteiger partial charge in [0.15, 0.2) is 0 Å². The molecule has 1 atom stereocenters. The first-order valence-electron chi connectivity index (χ1n) is 7.75. The van der Waals surface area contributed by atoms with Crippen molar-refractivity contribution >= 4 is 0 Å². The van der Waals surface area contributed by atoms with Gasteiger partial charge >= 0.3 is 0 Å². The van der Waals surface area contributed by atoms with E-state index in [1.165, 1.54) is 25.7 Å². The highest BCUT2D eigenvalue weighted by atomic mass is 19.1. The van der Waals surface area contributed by atoms with Crippen LogP contribution in [-0.2, 0) is 5.41 Å². The first-order valence-corrected chi connectivity index (χ1v) is 7.75. The zero-order chi connectivity index (χ0) is 14.1. The van der Waals surface area contributed by atoms with Crippen LogP contribution >= 0.6 is 0 Å².